The van der Waals surface area contributed by atoms with Gasteiger partial charge in [-0.25, -0.2) is 0 Å². The van der Waals surface area contributed by atoms with Crippen molar-refractivity contribution in [3.8, 4) is 0 Å². The Balaban J connectivity index is 0. The van der Waals surface area contributed by atoms with Gasteiger partial charge in [0.05, 0.1) is 0 Å². The third-order valence-electron chi connectivity index (χ3n) is 1.29. The minimum absolute atomic E-state index is 0.233. The maximum absolute atomic E-state index is 10.8. The molecule has 0 aliphatic heterocycles. The number of rotatable bonds is 3. The minimum atomic E-state index is 0.233. The molecule has 0 saturated carbocycles. The Labute approximate surface area is 70.6 Å². The second-order valence-corrected chi connectivity index (χ2v) is 2.17. The molecule has 1 amide bonds. The van der Waals surface area contributed by atoms with E-state index < -0.39 is 0 Å². The van der Waals surface area contributed by atoms with E-state index in [-0.39, 0.29) is 5.91 Å². The van der Waals surface area contributed by atoms with Crippen LogP contribution in [0, 0.1) is 0 Å². The van der Waals surface area contributed by atoms with E-state index in [9.17, 15) is 4.79 Å². The van der Waals surface area contributed by atoms with Crippen LogP contribution in [0.3, 0.4) is 0 Å². The predicted molar refractivity (Wildman–Crippen MR) is 49.6 cm³/mol. The highest BCUT2D eigenvalue weighted by Crippen LogP contribution is 1.90. The summed E-state index contributed by atoms with van der Waals surface area (Å²) in [4.78, 5) is 12.6. The number of nitrogens with zero attached hydrogens (tertiary/aromatic N) is 1. The quantitative estimate of drug-likeness (QED) is 0.618. The Bertz CT molecular complexity index is 91.6. The second kappa shape index (κ2) is 9.47. The predicted octanol–water partition coefficient (Wildman–Crippen LogP) is 2.29. The van der Waals surface area contributed by atoms with Crippen molar-refractivity contribution >= 4 is 5.91 Å². The SMILES string of the molecule is CC.CCCN(C)C(=O)CC. The van der Waals surface area contributed by atoms with E-state index in [2.05, 4.69) is 6.92 Å². The highest BCUT2D eigenvalue weighted by Gasteiger charge is 2.01. The Hall–Kier alpha value is -0.530. The van der Waals surface area contributed by atoms with Gasteiger partial charge in [0.2, 0.25) is 5.91 Å². The molecule has 0 aromatic carbocycles. The van der Waals surface area contributed by atoms with Gasteiger partial charge in [-0.2, -0.15) is 0 Å². The summed E-state index contributed by atoms with van der Waals surface area (Å²) in [6.45, 7) is 8.83. The zero-order chi connectivity index (χ0) is 9.28. The summed E-state index contributed by atoms with van der Waals surface area (Å²) in [5.41, 5.74) is 0. The summed E-state index contributed by atoms with van der Waals surface area (Å²) in [6, 6.07) is 0. The summed E-state index contributed by atoms with van der Waals surface area (Å²) >= 11 is 0. The molecule has 0 aliphatic carbocycles. The number of carbonyl (C=O) groups is 1. The van der Waals surface area contributed by atoms with Crippen LogP contribution in [0.5, 0.6) is 0 Å². The first-order chi connectivity index (χ1) is 5.22. The van der Waals surface area contributed by atoms with Crippen LogP contribution < -0.4 is 0 Å². The number of amides is 1. The smallest absolute Gasteiger partial charge is 0.222 e. The van der Waals surface area contributed by atoms with Crippen LogP contribution in [0.15, 0.2) is 0 Å². The van der Waals surface area contributed by atoms with Crippen LogP contribution in [0.1, 0.15) is 40.5 Å². The summed E-state index contributed by atoms with van der Waals surface area (Å²) < 4.78 is 0. The van der Waals surface area contributed by atoms with Crippen LogP contribution in [-0.2, 0) is 4.79 Å². The largest absolute Gasteiger partial charge is 0.346 e. The van der Waals surface area contributed by atoms with Crippen LogP contribution in [0.4, 0.5) is 0 Å². The average molecular weight is 159 g/mol. The summed E-state index contributed by atoms with van der Waals surface area (Å²) in [5.74, 6) is 0.233. The second-order valence-electron chi connectivity index (χ2n) is 2.17. The van der Waals surface area contributed by atoms with Gasteiger partial charge in [0.1, 0.15) is 0 Å². The Kier molecular flexibility index (Phi) is 11.3. The van der Waals surface area contributed by atoms with Gasteiger partial charge in [-0.3, -0.25) is 4.79 Å². The maximum Gasteiger partial charge on any atom is 0.222 e. The molecule has 0 radical (unpaired) electrons. The lowest BCUT2D eigenvalue weighted by molar-refractivity contribution is -0.129. The van der Waals surface area contributed by atoms with Crippen molar-refractivity contribution in [1.29, 1.82) is 0 Å². The number of hydrogen-bond donors (Lipinski definition) is 0. The first kappa shape index (κ1) is 13.1. The van der Waals surface area contributed by atoms with Crippen molar-refractivity contribution in [3.63, 3.8) is 0 Å². The van der Waals surface area contributed by atoms with E-state index >= 15 is 0 Å². The van der Waals surface area contributed by atoms with Crippen LogP contribution >= 0.6 is 0 Å². The molecule has 0 spiro atoms. The molecule has 0 aromatic rings. The van der Waals surface area contributed by atoms with Crippen molar-refractivity contribution in [1.82, 2.24) is 4.90 Å². The van der Waals surface area contributed by atoms with E-state index in [1.165, 1.54) is 0 Å². The average Bonchev–Trinajstić information content (AvgIpc) is 2.07. The highest BCUT2D eigenvalue weighted by atomic mass is 16.2. The summed E-state index contributed by atoms with van der Waals surface area (Å²) in [7, 11) is 1.84. The highest BCUT2D eigenvalue weighted by molar-refractivity contribution is 5.75. The lowest BCUT2D eigenvalue weighted by atomic mass is 10.4. The number of hydrogen-bond acceptors (Lipinski definition) is 1. The van der Waals surface area contributed by atoms with E-state index in [1.807, 2.05) is 27.8 Å². The fourth-order valence-corrected chi connectivity index (χ4v) is 0.730. The van der Waals surface area contributed by atoms with Gasteiger partial charge in [-0.1, -0.05) is 27.7 Å². The molecule has 0 atom stereocenters. The van der Waals surface area contributed by atoms with Crippen molar-refractivity contribution in [2.45, 2.75) is 40.5 Å². The standard InChI is InChI=1S/C7H15NO.C2H6/c1-4-6-8(3)7(9)5-2;1-2/h4-6H2,1-3H3;1-2H3. The first-order valence-corrected chi connectivity index (χ1v) is 4.46. The van der Waals surface area contributed by atoms with Gasteiger partial charge < -0.3 is 4.90 Å². The fraction of sp³-hybridized carbons (Fsp3) is 0.889. The van der Waals surface area contributed by atoms with Gasteiger partial charge >= 0.3 is 0 Å². The monoisotopic (exact) mass is 159 g/mol. The molecule has 0 fully saturated rings. The van der Waals surface area contributed by atoms with Crippen LogP contribution in [0.2, 0.25) is 0 Å². The van der Waals surface area contributed by atoms with Gasteiger partial charge in [0.15, 0.2) is 0 Å². The molecule has 0 rings (SSSR count). The topological polar surface area (TPSA) is 20.3 Å². The Morgan fingerprint density at radius 2 is 1.73 bits per heavy atom. The summed E-state index contributed by atoms with van der Waals surface area (Å²) in [5, 5.41) is 0. The van der Waals surface area contributed by atoms with E-state index in [1.54, 1.807) is 4.90 Å². The Morgan fingerprint density at radius 1 is 1.27 bits per heavy atom. The lowest BCUT2D eigenvalue weighted by Crippen LogP contribution is -2.26. The zero-order valence-corrected chi connectivity index (χ0v) is 8.48. The summed E-state index contributed by atoms with van der Waals surface area (Å²) in [6.07, 6.45) is 1.67. The van der Waals surface area contributed by atoms with Crippen LogP contribution in [-0.4, -0.2) is 24.4 Å². The van der Waals surface area contributed by atoms with E-state index in [0.717, 1.165) is 13.0 Å². The zero-order valence-electron chi connectivity index (χ0n) is 8.48. The van der Waals surface area contributed by atoms with Gasteiger partial charge in [-0.05, 0) is 6.42 Å². The molecule has 11 heavy (non-hydrogen) atoms. The van der Waals surface area contributed by atoms with E-state index in [4.69, 9.17) is 0 Å². The normalized spacial score (nSPS) is 8.09. The minimum Gasteiger partial charge on any atom is -0.346 e. The molecule has 2 nitrogen and oxygen atoms in total. The fourth-order valence-electron chi connectivity index (χ4n) is 0.730. The third-order valence-corrected chi connectivity index (χ3v) is 1.29. The van der Waals surface area contributed by atoms with E-state index in [0.29, 0.717) is 6.42 Å². The lowest BCUT2D eigenvalue weighted by Gasteiger charge is -2.13. The number of carbonyl (C=O) groups excluding carboxylic acids is 1. The van der Waals surface area contributed by atoms with Crippen molar-refractivity contribution in [3.05, 3.63) is 0 Å². The van der Waals surface area contributed by atoms with Gasteiger partial charge in [0.25, 0.3) is 0 Å². The molecule has 68 valence electrons. The molecule has 0 aromatic heterocycles. The van der Waals surface area contributed by atoms with Gasteiger partial charge in [0, 0.05) is 20.0 Å². The first-order valence-electron chi connectivity index (χ1n) is 4.46. The van der Waals surface area contributed by atoms with Crippen molar-refractivity contribution in [2.75, 3.05) is 13.6 Å². The maximum atomic E-state index is 10.8. The van der Waals surface area contributed by atoms with Crippen LogP contribution in [0.25, 0.3) is 0 Å². The van der Waals surface area contributed by atoms with Gasteiger partial charge in [-0.15, -0.1) is 0 Å². The van der Waals surface area contributed by atoms with Crippen molar-refractivity contribution < 1.29 is 4.79 Å². The molecule has 0 aliphatic rings. The van der Waals surface area contributed by atoms with Crippen molar-refractivity contribution in [2.24, 2.45) is 0 Å². The molecule has 0 heterocycles. The molecule has 0 saturated heterocycles. The molecule has 0 N–H and O–H groups in total. The molecule has 0 unspecified atom stereocenters. The Morgan fingerprint density at radius 3 is 2.00 bits per heavy atom. The molecular formula is C9H21NO. The molecule has 0 bridgehead atoms. The molecular weight excluding hydrogens is 138 g/mol. The molecule has 2 heteroatoms. The third kappa shape index (κ3) is 7.37.